The SMILES string of the molecule is N#CC1=C(N)C(C#N)(C#N)C(c2ccoc2)C2CN(C(=O)OCc3ccccc3)CC=C12. The van der Waals surface area contributed by atoms with Crippen LogP contribution in [0.25, 0.3) is 0 Å². The second-order valence-electron chi connectivity index (χ2n) is 7.68. The molecular formula is C24H19N5O3. The number of hydrogen-bond acceptors (Lipinski definition) is 7. The summed E-state index contributed by atoms with van der Waals surface area (Å²) in [7, 11) is 0. The molecule has 0 spiro atoms. The van der Waals surface area contributed by atoms with Gasteiger partial charge in [-0.1, -0.05) is 36.4 Å². The quantitative estimate of drug-likeness (QED) is 0.795. The molecule has 1 aliphatic heterocycles. The standard InChI is InChI=1S/C24H19N5O3/c25-10-19-18-6-8-29(23(30)32-12-16-4-2-1-3-5-16)11-20(18)21(17-7-9-31-13-17)24(14-26,15-27)22(19)28/h1-7,9,13,20-21H,8,11-12,28H2. The van der Waals surface area contributed by atoms with E-state index in [2.05, 4.69) is 6.07 Å². The first-order valence-corrected chi connectivity index (χ1v) is 9.96. The molecule has 1 aromatic heterocycles. The number of carbonyl (C=O) groups is 1. The minimum Gasteiger partial charge on any atom is -0.472 e. The molecule has 4 rings (SSSR count). The van der Waals surface area contributed by atoms with Gasteiger partial charge in [-0.25, -0.2) is 4.79 Å². The molecule has 32 heavy (non-hydrogen) atoms. The fourth-order valence-electron chi connectivity index (χ4n) is 4.47. The summed E-state index contributed by atoms with van der Waals surface area (Å²) < 4.78 is 10.7. The fourth-order valence-corrected chi connectivity index (χ4v) is 4.47. The van der Waals surface area contributed by atoms with E-state index in [1.807, 2.05) is 42.5 Å². The number of nitrogens with zero attached hydrogens (tertiary/aromatic N) is 4. The van der Waals surface area contributed by atoms with Gasteiger partial charge in [0.1, 0.15) is 12.7 Å². The second kappa shape index (κ2) is 8.34. The number of amides is 1. The van der Waals surface area contributed by atoms with Crippen LogP contribution in [0.2, 0.25) is 0 Å². The van der Waals surface area contributed by atoms with Crippen LogP contribution in [0.5, 0.6) is 0 Å². The monoisotopic (exact) mass is 425 g/mol. The zero-order valence-electron chi connectivity index (χ0n) is 17.1. The van der Waals surface area contributed by atoms with E-state index in [9.17, 15) is 20.6 Å². The molecule has 1 aliphatic carbocycles. The molecule has 2 unspecified atom stereocenters. The molecule has 0 fully saturated rings. The number of fused-ring (bicyclic) bond motifs is 1. The van der Waals surface area contributed by atoms with Gasteiger partial charge in [0.15, 0.2) is 5.41 Å². The number of hydrogen-bond donors (Lipinski definition) is 1. The summed E-state index contributed by atoms with van der Waals surface area (Å²) in [5.41, 5.74) is 6.60. The van der Waals surface area contributed by atoms with Gasteiger partial charge in [0.25, 0.3) is 0 Å². The molecule has 2 aromatic rings. The van der Waals surface area contributed by atoms with Gasteiger partial charge in [0.2, 0.25) is 0 Å². The Kier molecular flexibility index (Phi) is 5.41. The van der Waals surface area contributed by atoms with E-state index in [1.54, 1.807) is 12.1 Å². The number of carbonyl (C=O) groups excluding carboxylic acids is 1. The first kappa shape index (κ1) is 20.8. The van der Waals surface area contributed by atoms with E-state index in [4.69, 9.17) is 14.9 Å². The van der Waals surface area contributed by atoms with Crippen LogP contribution in [0.1, 0.15) is 17.0 Å². The Morgan fingerprint density at radius 3 is 2.59 bits per heavy atom. The van der Waals surface area contributed by atoms with E-state index in [0.717, 1.165) is 5.56 Å². The van der Waals surface area contributed by atoms with Crippen LogP contribution in [0.3, 0.4) is 0 Å². The molecular weight excluding hydrogens is 406 g/mol. The Morgan fingerprint density at radius 2 is 1.97 bits per heavy atom. The van der Waals surface area contributed by atoms with Crippen molar-refractivity contribution in [2.75, 3.05) is 13.1 Å². The zero-order chi connectivity index (χ0) is 22.7. The highest BCUT2D eigenvalue weighted by Crippen LogP contribution is 2.54. The summed E-state index contributed by atoms with van der Waals surface area (Å²) >= 11 is 0. The summed E-state index contributed by atoms with van der Waals surface area (Å²) in [6, 6.07) is 17.1. The number of benzene rings is 1. The summed E-state index contributed by atoms with van der Waals surface area (Å²) in [4.78, 5) is 14.3. The Morgan fingerprint density at radius 1 is 1.22 bits per heavy atom. The van der Waals surface area contributed by atoms with Crippen molar-refractivity contribution in [2.45, 2.75) is 12.5 Å². The van der Waals surface area contributed by atoms with Crippen molar-refractivity contribution < 1.29 is 13.9 Å². The third kappa shape index (κ3) is 3.27. The maximum Gasteiger partial charge on any atom is 0.410 e. The Balaban J connectivity index is 1.69. The lowest BCUT2D eigenvalue weighted by Crippen LogP contribution is -2.49. The molecule has 2 aliphatic rings. The average Bonchev–Trinajstić information content (AvgIpc) is 3.36. The molecule has 0 saturated heterocycles. The van der Waals surface area contributed by atoms with Crippen LogP contribution in [-0.4, -0.2) is 24.1 Å². The van der Waals surface area contributed by atoms with Gasteiger partial charge < -0.3 is 19.8 Å². The molecule has 2 heterocycles. The smallest absolute Gasteiger partial charge is 0.410 e. The van der Waals surface area contributed by atoms with E-state index in [-0.39, 0.29) is 31.0 Å². The maximum atomic E-state index is 12.8. The van der Waals surface area contributed by atoms with E-state index in [1.165, 1.54) is 17.4 Å². The summed E-state index contributed by atoms with van der Waals surface area (Å²) in [5.74, 6) is -1.23. The highest BCUT2D eigenvalue weighted by atomic mass is 16.6. The first-order chi connectivity index (χ1) is 15.6. The minimum atomic E-state index is -1.77. The number of furan rings is 1. The van der Waals surface area contributed by atoms with Gasteiger partial charge in [0.05, 0.1) is 35.9 Å². The van der Waals surface area contributed by atoms with Crippen molar-refractivity contribution in [2.24, 2.45) is 17.1 Å². The summed E-state index contributed by atoms with van der Waals surface area (Å²) in [5, 5.41) is 29.8. The Hall–Kier alpha value is -4.48. The van der Waals surface area contributed by atoms with E-state index >= 15 is 0 Å². The van der Waals surface area contributed by atoms with Crippen LogP contribution in [0.4, 0.5) is 4.79 Å². The van der Waals surface area contributed by atoms with E-state index in [0.29, 0.717) is 11.1 Å². The fraction of sp³-hybridized carbons (Fsp3) is 0.250. The second-order valence-corrected chi connectivity index (χ2v) is 7.68. The van der Waals surface area contributed by atoms with Crippen molar-refractivity contribution in [3.63, 3.8) is 0 Å². The van der Waals surface area contributed by atoms with Gasteiger partial charge in [-0.05, 0) is 22.8 Å². The average molecular weight is 425 g/mol. The normalized spacial score (nSPS) is 21.4. The molecule has 1 amide bonds. The largest absolute Gasteiger partial charge is 0.472 e. The van der Waals surface area contributed by atoms with Crippen LogP contribution in [0.15, 0.2) is 76.3 Å². The molecule has 158 valence electrons. The zero-order valence-corrected chi connectivity index (χ0v) is 17.1. The highest BCUT2D eigenvalue weighted by Gasteiger charge is 2.55. The number of nitrogens with two attached hydrogens (primary N) is 1. The first-order valence-electron chi connectivity index (χ1n) is 9.96. The molecule has 0 bridgehead atoms. The summed E-state index contributed by atoms with van der Waals surface area (Å²) in [6.45, 7) is 0.514. The predicted octanol–water partition coefficient (Wildman–Crippen LogP) is 3.34. The van der Waals surface area contributed by atoms with Crippen molar-refractivity contribution >= 4 is 6.09 Å². The molecule has 1 aromatic carbocycles. The third-order valence-corrected chi connectivity index (χ3v) is 6.03. The summed E-state index contributed by atoms with van der Waals surface area (Å²) in [6.07, 6.45) is 4.14. The van der Waals surface area contributed by atoms with Crippen LogP contribution in [0, 0.1) is 45.3 Å². The Bertz CT molecular complexity index is 1200. The van der Waals surface area contributed by atoms with Crippen LogP contribution >= 0.6 is 0 Å². The molecule has 2 N–H and O–H groups in total. The minimum absolute atomic E-state index is 0.0706. The lowest BCUT2D eigenvalue weighted by molar-refractivity contribution is 0.0898. The van der Waals surface area contributed by atoms with Gasteiger partial charge in [-0.3, -0.25) is 0 Å². The van der Waals surface area contributed by atoms with Crippen LogP contribution in [-0.2, 0) is 11.3 Å². The predicted molar refractivity (Wildman–Crippen MR) is 112 cm³/mol. The molecule has 2 atom stereocenters. The number of allylic oxidation sites excluding steroid dienone is 2. The van der Waals surface area contributed by atoms with Crippen molar-refractivity contribution in [3.05, 3.63) is 83.0 Å². The Labute approximate surface area is 185 Å². The number of ether oxygens (including phenoxy) is 1. The number of rotatable bonds is 3. The van der Waals surface area contributed by atoms with Crippen molar-refractivity contribution in [3.8, 4) is 18.2 Å². The number of nitriles is 3. The molecule has 0 saturated carbocycles. The van der Waals surface area contributed by atoms with E-state index < -0.39 is 23.3 Å². The lowest BCUT2D eigenvalue weighted by atomic mass is 9.58. The van der Waals surface area contributed by atoms with Gasteiger partial charge >= 0.3 is 6.09 Å². The van der Waals surface area contributed by atoms with Gasteiger partial charge in [0, 0.05) is 24.9 Å². The molecule has 0 radical (unpaired) electrons. The van der Waals surface area contributed by atoms with Gasteiger partial charge in [-0.15, -0.1) is 0 Å². The van der Waals surface area contributed by atoms with Crippen molar-refractivity contribution in [1.82, 2.24) is 4.90 Å². The third-order valence-electron chi connectivity index (χ3n) is 6.03. The van der Waals surface area contributed by atoms with Crippen LogP contribution < -0.4 is 5.73 Å². The molecule has 8 nitrogen and oxygen atoms in total. The van der Waals surface area contributed by atoms with Gasteiger partial charge in [-0.2, -0.15) is 15.8 Å². The van der Waals surface area contributed by atoms with Crippen molar-refractivity contribution in [1.29, 1.82) is 15.8 Å². The topological polar surface area (TPSA) is 140 Å². The molecule has 8 heteroatoms. The lowest BCUT2D eigenvalue weighted by Gasteiger charge is -2.44. The highest BCUT2D eigenvalue weighted by molar-refractivity contribution is 5.69. The maximum absolute atomic E-state index is 12.8.